The maximum Gasteiger partial charge on any atom is -0.0237 e. The lowest BCUT2D eigenvalue weighted by molar-refractivity contribution is 0.627. The van der Waals surface area contributed by atoms with E-state index in [9.17, 15) is 0 Å². The fraction of sp³-hybridized carbons (Fsp3) is 0.647. The molecule has 0 saturated heterocycles. The minimum absolute atomic E-state index is 0.675. The lowest BCUT2D eigenvalue weighted by Gasteiger charge is -2.11. The van der Waals surface area contributed by atoms with Gasteiger partial charge in [0.25, 0.3) is 0 Å². The predicted molar refractivity (Wildman–Crippen MR) is 80.3 cm³/mol. The quantitative estimate of drug-likeness (QED) is 0.448. The molecule has 0 rings (SSSR count). The highest BCUT2D eigenvalue weighted by Gasteiger charge is 2.02. The van der Waals surface area contributed by atoms with E-state index in [0.717, 1.165) is 12.8 Å². The van der Waals surface area contributed by atoms with E-state index in [2.05, 4.69) is 53.3 Å². The molecule has 1 atom stereocenters. The molecule has 0 nitrogen and oxygen atoms in total. The summed E-state index contributed by atoms with van der Waals surface area (Å²) in [5, 5.41) is 0. The molecule has 0 aromatic rings. The van der Waals surface area contributed by atoms with E-state index in [4.69, 9.17) is 0 Å². The predicted octanol–water partition coefficient (Wildman–Crippen LogP) is 6.06. The van der Waals surface area contributed by atoms with Crippen LogP contribution in [0.1, 0.15) is 66.7 Å². The van der Waals surface area contributed by atoms with Crippen molar-refractivity contribution >= 4 is 0 Å². The Hall–Kier alpha value is -0.780. The largest absolute Gasteiger partial charge is 0.0996 e. The van der Waals surface area contributed by atoms with Crippen LogP contribution in [0.3, 0.4) is 0 Å². The van der Waals surface area contributed by atoms with E-state index >= 15 is 0 Å². The Balaban J connectivity index is 3.84. The van der Waals surface area contributed by atoms with Crippen LogP contribution < -0.4 is 0 Å². The van der Waals surface area contributed by atoms with Crippen LogP contribution in [0.25, 0.3) is 0 Å². The van der Waals surface area contributed by atoms with E-state index in [1.165, 1.54) is 36.0 Å². The Bertz CT molecular complexity index is 274. The van der Waals surface area contributed by atoms with Crippen LogP contribution in [0.4, 0.5) is 0 Å². The molecule has 0 spiro atoms. The molecule has 0 saturated carbocycles. The van der Waals surface area contributed by atoms with Gasteiger partial charge in [0, 0.05) is 0 Å². The Morgan fingerprint density at radius 2 is 1.65 bits per heavy atom. The fourth-order valence-corrected chi connectivity index (χ4v) is 1.73. The first-order valence-electron chi connectivity index (χ1n) is 6.94. The number of rotatable bonds is 8. The molecule has 0 amide bonds. The number of allylic oxidation sites excluding steroid dienone is 5. The second kappa shape index (κ2) is 9.27. The third-order valence-corrected chi connectivity index (χ3v) is 3.36. The fourth-order valence-electron chi connectivity index (χ4n) is 1.73. The van der Waals surface area contributed by atoms with Gasteiger partial charge in [-0.2, -0.15) is 0 Å². The Labute approximate surface area is 109 Å². The smallest absolute Gasteiger partial charge is 0.0237 e. The third kappa shape index (κ3) is 8.97. The first-order valence-corrected chi connectivity index (χ1v) is 6.94. The van der Waals surface area contributed by atoms with Crippen LogP contribution in [0, 0.1) is 5.92 Å². The van der Waals surface area contributed by atoms with Gasteiger partial charge >= 0.3 is 0 Å². The number of hydrogen-bond donors (Lipinski definition) is 0. The monoisotopic (exact) mass is 234 g/mol. The van der Waals surface area contributed by atoms with E-state index in [1.807, 2.05) is 0 Å². The van der Waals surface area contributed by atoms with Crippen LogP contribution >= 0.6 is 0 Å². The van der Waals surface area contributed by atoms with Gasteiger partial charge in [0.1, 0.15) is 0 Å². The SMILES string of the molecule is C=C(CC/C=C(\C)CCC=C(C)C)C(C)CC. The number of hydrogen-bond acceptors (Lipinski definition) is 0. The van der Waals surface area contributed by atoms with Gasteiger partial charge in [-0.05, 0) is 58.8 Å². The molecule has 0 N–H and O–H groups in total. The Morgan fingerprint density at radius 3 is 2.18 bits per heavy atom. The van der Waals surface area contributed by atoms with Gasteiger partial charge in [-0.25, -0.2) is 0 Å². The summed E-state index contributed by atoms with van der Waals surface area (Å²) < 4.78 is 0. The summed E-state index contributed by atoms with van der Waals surface area (Å²) >= 11 is 0. The molecule has 98 valence electrons. The Kier molecular flexibility index (Phi) is 8.85. The van der Waals surface area contributed by atoms with Crippen LogP contribution in [0.2, 0.25) is 0 Å². The van der Waals surface area contributed by atoms with Crippen LogP contribution in [0.15, 0.2) is 35.5 Å². The summed E-state index contributed by atoms with van der Waals surface area (Å²) in [7, 11) is 0. The normalized spacial score (nSPS) is 13.4. The van der Waals surface area contributed by atoms with Crippen LogP contribution in [0.5, 0.6) is 0 Å². The molecule has 0 fully saturated rings. The zero-order valence-corrected chi connectivity index (χ0v) is 12.5. The summed E-state index contributed by atoms with van der Waals surface area (Å²) in [6.45, 7) is 15.2. The van der Waals surface area contributed by atoms with Crippen molar-refractivity contribution in [1.82, 2.24) is 0 Å². The highest BCUT2D eigenvalue weighted by molar-refractivity contribution is 5.05. The highest BCUT2D eigenvalue weighted by atomic mass is 14.1. The van der Waals surface area contributed by atoms with Crippen molar-refractivity contribution in [2.45, 2.75) is 66.7 Å². The van der Waals surface area contributed by atoms with Gasteiger partial charge in [-0.3, -0.25) is 0 Å². The van der Waals surface area contributed by atoms with Crippen LogP contribution in [-0.2, 0) is 0 Å². The summed E-state index contributed by atoms with van der Waals surface area (Å²) in [5.41, 5.74) is 4.34. The topological polar surface area (TPSA) is 0 Å². The molecule has 0 bridgehead atoms. The van der Waals surface area contributed by atoms with Crippen molar-refractivity contribution < 1.29 is 0 Å². The van der Waals surface area contributed by atoms with E-state index in [1.54, 1.807) is 0 Å². The molecule has 0 aromatic heterocycles. The standard InChI is InChI=1S/C17H30/c1-7-16(5)17(6)13-9-12-15(4)11-8-10-14(2)3/h10,12,16H,6-9,11,13H2,1-5H3/b15-12+. The molecule has 1 unspecified atom stereocenters. The molecule has 0 radical (unpaired) electrons. The molecular weight excluding hydrogens is 204 g/mol. The van der Waals surface area contributed by atoms with Gasteiger partial charge in [0.2, 0.25) is 0 Å². The van der Waals surface area contributed by atoms with Crippen molar-refractivity contribution in [2.24, 2.45) is 5.92 Å². The average molecular weight is 234 g/mol. The molecule has 0 aliphatic carbocycles. The first-order chi connectivity index (χ1) is 7.97. The second-order valence-electron chi connectivity index (χ2n) is 5.38. The zero-order valence-electron chi connectivity index (χ0n) is 12.5. The minimum atomic E-state index is 0.675. The third-order valence-electron chi connectivity index (χ3n) is 3.36. The van der Waals surface area contributed by atoms with Gasteiger partial charge in [0.05, 0.1) is 0 Å². The van der Waals surface area contributed by atoms with Crippen molar-refractivity contribution in [3.63, 3.8) is 0 Å². The highest BCUT2D eigenvalue weighted by Crippen LogP contribution is 2.18. The lowest BCUT2D eigenvalue weighted by Crippen LogP contribution is -1.95. The Morgan fingerprint density at radius 1 is 1.06 bits per heavy atom. The van der Waals surface area contributed by atoms with Crippen molar-refractivity contribution in [1.29, 1.82) is 0 Å². The minimum Gasteiger partial charge on any atom is -0.0996 e. The maximum absolute atomic E-state index is 4.17. The van der Waals surface area contributed by atoms with Gasteiger partial charge < -0.3 is 0 Å². The summed E-state index contributed by atoms with van der Waals surface area (Å²) in [6, 6.07) is 0. The molecule has 0 aliphatic heterocycles. The van der Waals surface area contributed by atoms with E-state index < -0.39 is 0 Å². The molecular formula is C17H30. The van der Waals surface area contributed by atoms with Gasteiger partial charge in [-0.15, -0.1) is 0 Å². The molecule has 17 heavy (non-hydrogen) atoms. The molecule has 0 aromatic carbocycles. The second-order valence-corrected chi connectivity index (χ2v) is 5.38. The average Bonchev–Trinajstić information content (AvgIpc) is 2.27. The van der Waals surface area contributed by atoms with Gasteiger partial charge in [0.15, 0.2) is 0 Å². The van der Waals surface area contributed by atoms with Gasteiger partial charge in [-0.1, -0.05) is 49.3 Å². The molecule has 0 heteroatoms. The molecule has 0 aliphatic rings. The van der Waals surface area contributed by atoms with Crippen molar-refractivity contribution in [3.05, 3.63) is 35.5 Å². The van der Waals surface area contributed by atoms with E-state index in [0.29, 0.717) is 5.92 Å². The summed E-state index contributed by atoms with van der Waals surface area (Å²) in [6.07, 6.45) is 10.6. The van der Waals surface area contributed by atoms with Crippen molar-refractivity contribution in [2.75, 3.05) is 0 Å². The lowest BCUT2D eigenvalue weighted by atomic mass is 9.95. The maximum atomic E-state index is 4.17. The molecule has 0 heterocycles. The first kappa shape index (κ1) is 16.2. The van der Waals surface area contributed by atoms with E-state index in [-0.39, 0.29) is 0 Å². The van der Waals surface area contributed by atoms with Crippen molar-refractivity contribution in [3.8, 4) is 0 Å². The van der Waals surface area contributed by atoms with Crippen LogP contribution in [-0.4, -0.2) is 0 Å². The summed E-state index contributed by atoms with van der Waals surface area (Å²) in [4.78, 5) is 0. The summed E-state index contributed by atoms with van der Waals surface area (Å²) in [5.74, 6) is 0.675. The zero-order chi connectivity index (χ0) is 13.3.